The molecule has 0 aliphatic heterocycles. The first-order chi connectivity index (χ1) is 3.91. The topological polar surface area (TPSA) is 58.9 Å². The smallest absolute Gasteiger partial charge is 1.00 e. The van der Waals surface area contributed by atoms with E-state index < -0.39 is 9.03 Å². The molecular weight excluding hydrogens is 170 g/mol. The minimum Gasteiger partial charge on any atom is -1.00 e. The van der Waals surface area contributed by atoms with E-state index in [4.69, 9.17) is 10.00 Å². The van der Waals surface area contributed by atoms with Crippen molar-refractivity contribution in [3.63, 3.8) is 0 Å². The summed E-state index contributed by atoms with van der Waals surface area (Å²) in [7, 11) is -0.635. The Balaban J connectivity index is -0.000000245. The molecule has 0 spiro atoms. The summed E-state index contributed by atoms with van der Waals surface area (Å²) in [6.45, 7) is 0.405. The third-order valence-corrected chi connectivity index (χ3v) is 0.674. The molecule has 0 aliphatic carbocycles. The van der Waals surface area contributed by atoms with Crippen LogP contribution < -0.4 is 51.4 Å². The Morgan fingerprint density at radius 1 is 1.56 bits per heavy atom. The third-order valence-electron chi connectivity index (χ3n) is 0.482. The van der Waals surface area contributed by atoms with Crippen LogP contribution in [0.5, 0.6) is 0 Å². The first-order valence-electron chi connectivity index (χ1n) is 2.20. The predicted molar refractivity (Wildman–Crippen MR) is 30.4 cm³/mol. The fourth-order valence-corrected chi connectivity index (χ4v) is 0.328. The number of rotatable bonds is 5. The molecule has 0 aromatic rings. The second-order valence-electron chi connectivity index (χ2n) is 1.07. The van der Waals surface area contributed by atoms with E-state index in [9.17, 15) is 0 Å². The Hall–Kier alpha value is 1.91. The van der Waals surface area contributed by atoms with Crippen LogP contribution in [0, 0.1) is 0 Å². The first kappa shape index (κ1) is 13.5. The standard InChI is InChI=1S/C3H9O4P.K.H/c4-2-1-3-6-7-8-5;;/h4-5,8H,1-3H2;;/q;+1;-1. The maximum absolute atomic E-state index is 8.17. The Bertz CT molecular complexity index is 45.5. The predicted octanol–water partition coefficient (Wildman–Crippen LogP) is -3.07. The summed E-state index contributed by atoms with van der Waals surface area (Å²) in [6.07, 6.45) is 0.532. The number of aliphatic hydroxyl groups excluding tert-OH is 1. The molecule has 0 aromatic carbocycles. The molecule has 0 heterocycles. The van der Waals surface area contributed by atoms with Gasteiger partial charge in [-0.05, 0) is 6.42 Å². The molecule has 0 saturated carbocycles. The van der Waals surface area contributed by atoms with Gasteiger partial charge in [0.25, 0.3) is 0 Å². The van der Waals surface area contributed by atoms with Gasteiger partial charge in [-0.1, -0.05) is 0 Å². The normalized spacial score (nSPS) is 10.0. The van der Waals surface area contributed by atoms with Crippen LogP contribution in [0.25, 0.3) is 0 Å². The Labute approximate surface area is 99.7 Å². The quantitative estimate of drug-likeness (QED) is 0.155. The van der Waals surface area contributed by atoms with Crippen LogP contribution in [0.3, 0.4) is 0 Å². The van der Waals surface area contributed by atoms with Crippen molar-refractivity contribution >= 4 is 9.03 Å². The maximum Gasteiger partial charge on any atom is 1.00 e. The van der Waals surface area contributed by atoms with Gasteiger partial charge in [0.05, 0.1) is 6.61 Å². The molecule has 0 saturated heterocycles. The zero-order valence-corrected chi connectivity index (χ0v) is 9.46. The van der Waals surface area contributed by atoms with E-state index in [0.29, 0.717) is 13.0 Å². The SMILES string of the molecule is OCCCOOPO.[H-].[K+]. The van der Waals surface area contributed by atoms with Crippen LogP contribution in [-0.4, -0.2) is 23.2 Å². The number of aliphatic hydroxyl groups is 1. The number of hydrogen-bond donors (Lipinski definition) is 2. The minimum absolute atomic E-state index is 0. The van der Waals surface area contributed by atoms with Crippen molar-refractivity contribution in [1.82, 2.24) is 0 Å². The Morgan fingerprint density at radius 2 is 2.22 bits per heavy atom. The van der Waals surface area contributed by atoms with Gasteiger partial charge >= 0.3 is 51.4 Å². The zero-order valence-electron chi connectivity index (χ0n) is 6.33. The van der Waals surface area contributed by atoms with E-state index in [1.807, 2.05) is 0 Å². The molecule has 1 unspecified atom stereocenters. The van der Waals surface area contributed by atoms with Gasteiger partial charge in [-0.3, -0.25) is 0 Å². The largest absolute Gasteiger partial charge is 1.00 e. The van der Waals surface area contributed by atoms with E-state index in [0.717, 1.165) is 0 Å². The van der Waals surface area contributed by atoms with Crippen molar-refractivity contribution in [1.29, 1.82) is 0 Å². The van der Waals surface area contributed by atoms with Gasteiger partial charge in [0.2, 0.25) is 0 Å². The molecule has 0 aliphatic rings. The summed E-state index contributed by atoms with van der Waals surface area (Å²) in [4.78, 5) is 12.3. The van der Waals surface area contributed by atoms with Crippen LogP contribution in [-0.2, 0) is 9.56 Å². The summed E-state index contributed by atoms with van der Waals surface area (Å²) < 4.78 is 4.11. The Kier molecular flexibility index (Phi) is 18.8. The summed E-state index contributed by atoms with van der Waals surface area (Å²) >= 11 is 0. The summed E-state index contributed by atoms with van der Waals surface area (Å²) in [6, 6.07) is 0. The third kappa shape index (κ3) is 13.0. The van der Waals surface area contributed by atoms with Gasteiger partial charge in [0.15, 0.2) is 9.03 Å². The van der Waals surface area contributed by atoms with Gasteiger partial charge in [0, 0.05) is 6.61 Å². The maximum atomic E-state index is 8.17. The molecule has 52 valence electrons. The molecular formula is C3H10KO4P. The van der Waals surface area contributed by atoms with Gasteiger partial charge in [0.1, 0.15) is 0 Å². The van der Waals surface area contributed by atoms with Crippen LogP contribution in [0.1, 0.15) is 7.85 Å². The van der Waals surface area contributed by atoms with Crippen molar-refractivity contribution in [3.05, 3.63) is 0 Å². The molecule has 0 aromatic heterocycles. The van der Waals surface area contributed by atoms with Gasteiger partial charge in [-0.15, -0.1) is 0 Å². The second-order valence-corrected chi connectivity index (χ2v) is 1.42. The minimum atomic E-state index is -0.635. The molecule has 2 N–H and O–H groups in total. The molecule has 4 nitrogen and oxygen atoms in total. The van der Waals surface area contributed by atoms with Gasteiger partial charge < -0.3 is 11.4 Å². The summed E-state index contributed by atoms with van der Waals surface area (Å²) in [5.74, 6) is 0. The molecule has 0 bridgehead atoms. The van der Waals surface area contributed by atoms with Crippen LogP contribution in [0.4, 0.5) is 0 Å². The first-order valence-corrected chi connectivity index (χ1v) is 3.05. The van der Waals surface area contributed by atoms with Crippen molar-refractivity contribution < 1.29 is 72.4 Å². The molecule has 0 fully saturated rings. The van der Waals surface area contributed by atoms with Crippen LogP contribution >= 0.6 is 9.03 Å². The molecule has 0 radical (unpaired) electrons. The molecule has 0 amide bonds. The monoisotopic (exact) mass is 180 g/mol. The van der Waals surface area contributed by atoms with E-state index in [2.05, 4.69) is 9.56 Å². The zero-order chi connectivity index (χ0) is 6.24. The van der Waals surface area contributed by atoms with Crippen LogP contribution in [0.15, 0.2) is 0 Å². The number of hydrogen-bond acceptors (Lipinski definition) is 4. The molecule has 1 atom stereocenters. The molecule has 9 heavy (non-hydrogen) atoms. The fraction of sp³-hybridized carbons (Fsp3) is 1.00. The van der Waals surface area contributed by atoms with E-state index in [1.165, 1.54) is 0 Å². The fourth-order valence-electron chi connectivity index (χ4n) is 0.191. The Morgan fingerprint density at radius 3 is 2.67 bits per heavy atom. The van der Waals surface area contributed by atoms with Gasteiger partial charge in [-0.2, -0.15) is 4.67 Å². The molecule has 6 heteroatoms. The van der Waals surface area contributed by atoms with Crippen LogP contribution in [0.2, 0.25) is 0 Å². The van der Waals surface area contributed by atoms with Crippen molar-refractivity contribution in [3.8, 4) is 0 Å². The van der Waals surface area contributed by atoms with Crippen molar-refractivity contribution in [2.75, 3.05) is 13.2 Å². The summed E-state index contributed by atoms with van der Waals surface area (Å²) in [5, 5.41) is 8.17. The second kappa shape index (κ2) is 12.6. The average molecular weight is 180 g/mol. The van der Waals surface area contributed by atoms with E-state index in [1.54, 1.807) is 0 Å². The van der Waals surface area contributed by atoms with Crippen molar-refractivity contribution in [2.24, 2.45) is 0 Å². The average Bonchev–Trinajstić information content (AvgIpc) is 1.81. The van der Waals surface area contributed by atoms with E-state index in [-0.39, 0.29) is 59.4 Å². The van der Waals surface area contributed by atoms with Gasteiger partial charge in [-0.25, -0.2) is 4.89 Å². The summed E-state index contributed by atoms with van der Waals surface area (Å²) in [5.41, 5.74) is 0. The van der Waals surface area contributed by atoms with E-state index >= 15 is 0 Å². The molecule has 0 rings (SSSR count). The van der Waals surface area contributed by atoms with Crippen molar-refractivity contribution in [2.45, 2.75) is 6.42 Å².